The zero-order valence-corrected chi connectivity index (χ0v) is 12.9. The largest absolute Gasteiger partial charge is 0.496 e. The number of hydrogen-bond acceptors (Lipinski definition) is 3. The highest BCUT2D eigenvalue weighted by atomic mass is 35.5. The Labute approximate surface area is 132 Å². The predicted octanol–water partition coefficient (Wildman–Crippen LogP) is 3.89. The maximum atomic E-state index is 14.0. The average molecular weight is 329 g/mol. The van der Waals surface area contributed by atoms with Gasteiger partial charge in [0.1, 0.15) is 11.6 Å². The molecule has 0 saturated heterocycles. The molecule has 3 nitrogen and oxygen atoms in total. The molecule has 0 aliphatic heterocycles. The Bertz CT molecular complexity index is 637. The molecule has 1 unspecified atom stereocenters. The van der Waals surface area contributed by atoms with Crippen molar-refractivity contribution in [2.75, 3.05) is 7.11 Å². The van der Waals surface area contributed by atoms with Crippen molar-refractivity contribution < 1.29 is 9.13 Å². The van der Waals surface area contributed by atoms with Crippen molar-refractivity contribution >= 4 is 23.2 Å². The van der Waals surface area contributed by atoms with Gasteiger partial charge in [0.15, 0.2) is 0 Å². The van der Waals surface area contributed by atoms with Gasteiger partial charge in [-0.25, -0.2) is 4.39 Å². The smallest absolute Gasteiger partial charge is 0.129 e. The van der Waals surface area contributed by atoms with Gasteiger partial charge in [-0.1, -0.05) is 29.3 Å². The Balaban J connectivity index is 2.33. The molecule has 6 heteroatoms. The summed E-state index contributed by atoms with van der Waals surface area (Å²) in [5, 5.41) is 0.922. The molecule has 0 heterocycles. The number of ether oxygens (including phenoxy) is 1. The maximum Gasteiger partial charge on any atom is 0.129 e. The third-order valence-electron chi connectivity index (χ3n) is 3.21. The zero-order valence-electron chi connectivity index (χ0n) is 11.4. The molecule has 0 aliphatic carbocycles. The summed E-state index contributed by atoms with van der Waals surface area (Å²) in [6.07, 6.45) is 0.429. The molecule has 2 aromatic carbocycles. The van der Waals surface area contributed by atoms with Crippen LogP contribution in [0.5, 0.6) is 5.75 Å². The number of nitrogens with two attached hydrogens (primary N) is 1. The Hall–Kier alpha value is -1.33. The van der Waals surface area contributed by atoms with E-state index in [1.165, 1.54) is 6.07 Å². The van der Waals surface area contributed by atoms with Gasteiger partial charge >= 0.3 is 0 Å². The molecule has 2 aromatic rings. The minimum atomic E-state index is -0.422. The fourth-order valence-corrected chi connectivity index (χ4v) is 2.52. The van der Waals surface area contributed by atoms with Gasteiger partial charge in [-0.05, 0) is 42.3 Å². The molecule has 0 saturated carbocycles. The molecule has 21 heavy (non-hydrogen) atoms. The molecular weight excluding hydrogens is 314 g/mol. The van der Waals surface area contributed by atoms with E-state index < -0.39 is 11.9 Å². The minimum Gasteiger partial charge on any atom is -0.496 e. The number of benzene rings is 2. The van der Waals surface area contributed by atoms with Crippen LogP contribution in [0.25, 0.3) is 0 Å². The van der Waals surface area contributed by atoms with Crippen molar-refractivity contribution in [3.05, 3.63) is 63.4 Å². The summed E-state index contributed by atoms with van der Waals surface area (Å²) in [4.78, 5) is 0. The van der Waals surface area contributed by atoms with E-state index in [9.17, 15) is 4.39 Å². The van der Waals surface area contributed by atoms with Gasteiger partial charge in [0, 0.05) is 15.6 Å². The van der Waals surface area contributed by atoms with Gasteiger partial charge in [-0.15, -0.1) is 0 Å². The molecular formula is C15H15Cl2FN2O. The molecule has 0 spiro atoms. The summed E-state index contributed by atoms with van der Waals surface area (Å²) in [5.41, 5.74) is 3.89. The summed E-state index contributed by atoms with van der Waals surface area (Å²) >= 11 is 11.8. The first-order chi connectivity index (χ1) is 10.0. The van der Waals surface area contributed by atoms with Gasteiger partial charge in [-0.3, -0.25) is 11.3 Å². The van der Waals surface area contributed by atoms with Crippen LogP contribution in [0.3, 0.4) is 0 Å². The maximum absolute atomic E-state index is 14.0. The number of halogens is 3. The van der Waals surface area contributed by atoms with Crippen molar-refractivity contribution in [3.63, 3.8) is 0 Å². The normalized spacial score (nSPS) is 12.2. The van der Waals surface area contributed by atoms with E-state index in [-0.39, 0.29) is 0 Å². The lowest BCUT2D eigenvalue weighted by atomic mass is 9.98. The summed E-state index contributed by atoms with van der Waals surface area (Å²) in [6, 6.07) is 9.35. The second-order valence-electron chi connectivity index (χ2n) is 4.55. The molecule has 3 N–H and O–H groups in total. The van der Waals surface area contributed by atoms with Crippen LogP contribution in [0.2, 0.25) is 10.0 Å². The molecule has 0 bridgehead atoms. The second kappa shape index (κ2) is 7.09. The van der Waals surface area contributed by atoms with E-state index >= 15 is 0 Å². The Kier molecular flexibility index (Phi) is 5.42. The molecule has 0 aromatic heterocycles. The number of hydrazine groups is 1. The fraction of sp³-hybridized carbons (Fsp3) is 0.200. The van der Waals surface area contributed by atoms with E-state index in [1.807, 2.05) is 0 Å². The topological polar surface area (TPSA) is 47.3 Å². The molecule has 2 rings (SSSR count). The van der Waals surface area contributed by atoms with Crippen molar-refractivity contribution in [2.45, 2.75) is 12.5 Å². The third kappa shape index (κ3) is 3.86. The van der Waals surface area contributed by atoms with Gasteiger partial charge in [0.25, 0.3) is 0 Å². The highest BCUT2D eigenvalue weighted by Crippen LogP contribution is 2.29. The number of rotatable bonds is 5. The van der Waals surface area contributed by atoms with E-state index in [4.69, 9.17) is 33.8 Å². The van der Waals surface area contributed by atoms with Crippen LogP contribution in [0.15, 0.2) is 36.4 Å². The average Bonchev–Trinajstić information content (AvgIpc) is 2.45. The zero-order chi connectivity index (χ0) is 15.4. The van der Waals surface area contributed by atoms with Crippen LogP contribution in [0.1, 0.15) is 17.2 Å². The number of methoxy groups -OCH3 is 1. The second-order valence-corrected chi connectivity index (χ2v) is 5.42. The Morgan fingerprint density at radius 3 is 2.48 bits per heavy atom. The van der Waals surface area contributed by atoms with E-state index in [0.29, 0.717) is 27.8 Å². The summed E-state index contributed by atoms with van der Waals surface area (Å²) in [7, 11) is 1.57. The first-order valence-electron chi connectivity index (χ1n) is 6.28. The van der Waals surface area contributed by atoms with Crippen LogP contribution < -0.4 is 16.0 Å². The summed E-state index contributed by atoms with van der Waals surface area (Å²) in [5.74, 6) is 5.83. The monoisotopic (exact) mass is 328 g/mol. The van der Waals surface area contributed by atoms with Gasteiger partial charge in [0.2, 0.25) is 0 Å². The molecule has 0 radical (unpaired) electrons. The molecule has 0 fully saturated rings. The van der Waals surface area contributed by atoms with E-state index in [2.05, 4.69) is 5.43 Å². The molecule has 0 aliphatic rings. The lowest BCUT2D eigenvalue weighted by Gasteiger charge is -2.19. The van der Waals surface area contributed by atoms with Gasteiger partial charge in [-0.2, -0.15) is 0 Å². The fourth-order valence-electron chi connectivity index (χ4n) is 2.17. The third-order valence-corrected chi connectivity index (χ3v) is 3.68. The number of nitrogens with one attached hydrogen (secondary N) is 1. The standard InChI is InChI=1S/C15H15Cl2FN2O/c1-21-15-5-3-10(16)6-9(15)7-14(20-19)12-4-2-11(17)8-13(12)18/h2-6,8,14,20H,7,19H2,1H3. The molecule has 0 amide bonds. The first-order valence-corrected chi connectivity index (χ1v) is 7.04. The van der Waals surface area contributed by atoms with Crippen molar-refractivity contribution in [3.8, 4) is 5.75 Å². The van der Waals surface area contributed by atoms with Crippen molar-refractivity contribution in [1.29, 1.82) is 0 Å². The predicted molar refractivity (Wildman–Crippen MR) is 83.2 cm³/mol. The minimum absolute atomic E-state index is 0.340. The first kappa shape index (κ1) is 16.0. The molecule has 112 valence electrons. The lowest BCUT2D eigenvalue weighted by Crippen LogP contribution is -2.30. The van der Waals surface area contributed by atoms with Crippen LogP contribution in [-0.2, 0) is 6.42 Å². The SMILES string of the molecule is COc1ccc(Cl)cc1CC(NN)c1ccc(Cl)cc1F. The highest BCUT2D eigenvalue weighted by Gasteiger charge is 2.17. The quantitative estimate of drug-likeness (QED) is 0.646. The van der Waals surface area contributed by atoms with Crippen LogP contribution in [0, 0.1) is 5.82 Å². The summed E-state index contributed by atoms with van der Waals surface area (Å²) < 4.78 is 19.3. The van der Waals surface area contributed by atoms with Crippen molar-refractivity contribution in [2.24, 2.45) is 5.84 Å². The Morgan fingerprint density at radius 1 is 1.19 bits per heavy atom. The van der Waals surface area contributed by atoms with Crippen LogP contribution >= 0.6 is 23.2 Å². The summed E-state index contributed by atoms with van der Waals surface area (Å²) in [6.45, 7) is 0. The Morgan fingerprint density at radius 2 is 1.86 bits per heavy atom. The number of hydrogen-bond donors (Lipinski definition) is 2. The highest BCUT2D eigenvalue weighted by molar-refractivity contribution is 6.30. The van der Waals surface area contributed by atoms with Crippen LogP contribution in [-0.4, -0.2) is 7.11 Å². The van der Waals surface area contributed by atoms with E-state index in [0.717, 1.165) is 5.56 Å². The van der Waals surface area contributed by atoms with Crippen molar-refractivity contribution in [1.82, 2.24) is 5.43 Å². The van der Waals surface area contributed by atoms with Gasteiger partial charge < -0.3 is 4.74 Å². The van der Waals surface area contributed by atoms with Gasteiger partial charge in [0.05, 0.1) is 13.2 Å². The lowest BCUT2D eigenvalue weighted by molar-refractivity contribution is 0.404. The molecule has 1 atom stereocenters. The van der Waals surface area contributed by atoms with E-state index in [1.54, 1.807) is 37.4 Å². The van der Waals surface area contributed by atoms with Crippen LogP contribution in [0.4, 0.5) is 4.39 Å².